The largest absolute Gasteiger partial charge is 0.497 e. The van der Waals surface area contributed by atoms with Gasteiger partial charge in [-0.15, -0.1) is 0 Å². The molecule has 0 saturated carbocycles. The quantitative estimate of drug-likeness (QED) is 0.298. The molecule has 2 rings (SSSR count). The van der Waals surface area contributed by atoms with Crippen molar-refractivity contribution in [2.75, 3.05) is 19.5 Å². The van der Waals surface area contributed by atoms with Gasteiger partial charge in [-0.3, -0.25) is 19.6 Å². The molecule has 0 aliphatic rings. The van der Waals surface area contributed by atoms with Crippen molar-refractivity contribution >= 4 is 29.5 Å². The lowest BCUT2D eigenvalue weighted by molar-refractivity contribution is -0.123. The highest BCUT2D eigenvalue weighted by atomic mass is 16.5. The first-order valence-electron chi connectivity index (χ1n) is 8.94. The molecule has 158 valence electrons. The van der Waals surface area contributed by atoms with E-state index < -0.39 is 23.8 Å². The summed E-state index contributed by atoms with van der Waals surface area (Å²) >= 11 is 0. The number of hydrogen-bond acceptors (Lipinski definition) is 6. The number of carbonyl (C=O) groups excluding carboxylic acids is 3. The van der Waals surface area contributed by atoms with Crippen LogP contribution in [0, 0.1) is 0 Å². The second-order valence-corrected chi connectivity index (χ2v) is 6.18. The van der Waals surface area contributed by atoms with Crippen LogP contribution in [0.5, 0.6) is 11.5 Å². The van der Waals surface area contributed by atoms with Gasteiger partial charge in [0.1, 0.15) is 17.5 Å². The second kappa shape index (κ2) is 10.6. The standard InChI is InChI=1S/C21H23N3O6/c1-13(20(26)23-16-7-4-14(5-8-16)21(27)24-28)22-19(25)11-6-15-12-17(29-2)9-10-18(15)30-3/h4-13,28H,1-3H3,(H,22,25)(H,23,26)(H,24,27)/b11-6+. The maximum Gasteiger partial charge on any atom is 0.274 e. The first-order valence-corrected chi connectivity index (χ1v) is 8.94. The van der Waals surface area contributed by atoms with Gasteiger partial charge in [-0.2, -0.15) is 0 Å². The van der Waals surface area contributed by atoms with E-state index in [0.717, 1.165) is 0 Å². The smallest absolute Gasteiger partial charge is 0.274 e. The second-order valence-electron chi connectivity index (χ2n) is 6.18. The Bertz CT molecular complexity index is 940. The van der Waals surface area contributed by atoms with Gasteiger partial charge in [0.15, 0.2) is 0 Å². The number of hydroxylamine groups is 1. The Labute approximate surface area is 173 Å². The van der Waals surface area contributed by atoms with Gasteiger partial charge in [-0.25, -0.2) is 5.48 Å². The lowest BCUT2D eigenvalue weighted by Gasteiger charge is -2.13. The van der Waals surface area contributed by atoms with E-state index in [0.29, 0.717) is 22.7 Å². The van der Waals surface area contributed by atoms with E-state index in [1.54, 1.807) is 31.2 Å². The Hall–Kier alpha value is -3.85. The molecule has 0 aliphatic carbocycles. The van der Waals surface area contributed by atoms with Gasteiger partial charge in [-0.1, -0.05) is 0 Å². The molecule has 0 radical (unpaired) electrons. The normalized spacial score (nSPS) is 11.5. The zero-order valence-electron chi connectivity index (χ0n) is 16.8. The van der Waals surface area contributed by atoms with Crippen LogP contribution in [-0.4, -0.2) is 43.2 Å². The number of anilines is 1. The number of hydrogen-bond donors (Lipinski definition) is 4. The SMILES string of the molecule is COc1ccc(OC)c(/C=C/C(=O)NC(C)C(=O)Nc2ccc(C(=O)NO)cc2)c1. The van der Waals surface area contributed by atoms with Crippen molar-refractivity contribution in [1.82, 2.24) is 10.8 Å². The van der Waals surface area contributed by atoms with Gasteiger partial charge in [0.05, 0.1) is 14.2 Å². The van der Waals surface area contributed by atoms with E-state index in [2.05, 4.69) is 10.6 Å². The molecule has 1 atom stereocenters. The molecule has 0 saturated heterocycles. The summed E-state index contributed by atoms with van der Waals surface area (Å²) in [5, 5.41) is 13.8. The fourth-order valence-corrected chi connectivity index (χ4v) is 2.48. The first kappa shape index (κ1) is 22.4. The summed E-state index contributed by atoms with van der Waals surface area (Å²) in [6.45, 7) is 1.54. The summed E-state index contributed by atoms with van der Waals surface area (Å²) in [4.78, 5) is 35.7. The topological polar surface area (TPSA) is 126 Å². The highest BCUT2D eigenvalue weighted by Crippen LogP contribution is 2.25. The van der Waals surface area contributed by atoms with E-state index >= 15 is 0 Å². The van der Waals surface area contributed by atoms with Crippen molar-refractivity contribution in [2.45, 2.75) is 13.0 Å². The Balaban J connectivity index is 1.96. The average molecular weight is 413 g/mol. The molecule has 9 heteroatoms. The summed E-state index contributed by atoms with van der Waals surface area (Å²) < 4.78 is 10.4. The van der Waals surface area contributed by atoms with Crippen molar-refractivity contribution in [3.8, 4) is 11.5 Å². The van der Waals surface area contributed by atoms with Crippen molar-refractivity contribution in [3.63, 3.8) is 0 Å². The minimum atomic E-state index is -0.810. The van der Waals surface area contributed by atoms with Gasteiger partial charge in [0.2, 0.25) is 11.8 Å². The molecule has 1 unspecified atom stereocenters. The van der Waals surface area contributed by atoms with Crippen LogP contribution >= 0.6 is 0 Å². The van der Waals surface area contributed by atoms with Crippen LogP contribution in [-0.2, 0) is 9.59 Å². The third-order valence-electron chi connectivity index (χ3n) is 4.12. The molecule has 30 heavy (non-hydrogen) atoms. The molecule has 0 heterocycles. The van der Waals surface area contributed by atoms with Gasteiger partial charge in [0, 0.05) is 22.9 Å². The zero-order valence-corrected chi connectivity index (χ0v) is 16.8. The van der Waals surface area contributed by atoms with Gasteiger partial charge in [0.25, 0.3) is 5.91 Å². The highest BCUT2D eigenvalue weighted by Gasteiger charge is 2.15. The summed E-state index contributed by atoms with van der Waals surface area (Å²) in [6.07, 6.45) is 2.86. The van der Waals surface area contributed by atoms with E-state index in [4.69, 9.17) is 14.7 Å². The molecule has 2 aromatic carbocycles. The zero-order chi connectivity index (χ0) is 22.1. The number of carbonyl (C=O) groups is 3. The van der Waals surface area contributed by atoms with E-state index in [1.807, 2.05) is 0 Å². The molecule has 0 aliphatic heterocycles. The van der Waals surface area contributed by atoms with E-state index in [1.165, 1.54) is 50.0 Å². The predicted molar refractivity (Wildman–Crippen MR) is 111 cm³/mol. The van der Waals surface area contributed by atoms with Crippen molar-refractivity contribution < 1.29 is 29.1 Å². The molecule has 0 spiro atoms. The fourth-order valence-electron chi connectivity index (χ4n) is 2.48. The van der Waals surface area contributed by atoms with E-state index in [-0.39, 0.29) is 5.56 Å². The molecule has 3 amide bonds. The number of methoxy groups -OCH3 is 2. The lowest BCUT2D eigenvalue weighted by Crippen LogP contribution is -2.40. The maximum absolute atomic E-state index is 12.3. The summed E-state index contributed by atoms with van der Waals surface area (Å²) in [5.74, 6) is -0.365. The van der Waals surface area contributed by atoms with Crippen LogP contribution in [0.4, 0.5) is 5.69 Å². The number of amides is 3. The molecular formula is C21H23N3O6. The third-order valence-corrected chi connectivity index (χ3v) is 4.12. The van der Waals surface area contributed by atoms with Crippen LogP contribution in [0.2, 0.25) is 0 Å². The minimum absolute atomic E-state index is 0.231. The van der Waals surface area contributed by atoms with Gasteiger partial charge in [-0.05, 0) is 55.5 Å². The predicted octanol–water partition coefficient (Wildman–Crippen LogP) is 1.98. The Morgan fingerprint density at radius 3 is 2.33 bits per heavy atom. The molecule has 4 N–H and O–H groups in total. The van der Waals surface area contributed by atoms with Crippen LogP contribution in [0.25, 0.3) is 6.08 Å². The summed E-state index contributed by atoms with van der Waals surface area (Å²) in [5.41, 5.74) is 2.84. The summed E-state index contributed by atoms with van der Waals surface area (Å²) in [6, 6.07) is 10.3. The van der Waals surface area contributed by atoms with E-state index in [9.17, 15) is 14.4 Å². The fraction of sp³-hybridized carbons (Fsp3) is 0.190. The van der Waals surface area contributed by atoms with Gasteiger partial charge >= 0.3 is 0 Å². The highest BCUT2D eigenvalue weighted by molar-refractivity contribution is 6.00. The summed E-state index contributed by atoms with van der Waals surface area (Å²) in [7, 11) is 3.06. The minimum Gasteiger partial charge on any atom is -0.497 e. The van der Waals surface area contributed by atoms with Gasteiger partial charge < -0.3 is 20.1 Å². The van der Waals surface area contributed by atoms with Crippen LogP contribution in [0.3, 0.4) is 0 Å². The van der Waals surface area contributed by atoms with Crippen molar-refractivity contribution in [2.24, 2.45) is 0 Å². The van der Waals surface area contributed by atoms with Crippen LogP contribution < -0.4 is 25.6 Å². The molecule has 2 aromatic rings. The average Bonchev–Trinajstić information content (AvgIpc) is 2.77. The first-order chi connectivity index (χ1) is 14.4. The van der Waals surface area contributed by atoms with Crippen LogP contribution in [0.15, 0.2) is 48.5 Å². The Morgan fingerprint density at radius 2 is 1.73 bits per heavy atom. The lowest BCUT2D eigenvalue weighted by atomic mass is 10.1. The van der Waals surface area contributed by atoms with Crippen molar-refractivity contribution in [3.05, 3.63) is 59.7 Å². The maximum atomic E-state index is 12.3. The van der Waals surface area contributed by atoms with Crippen molar-refractivity contribution in [1.29, 1.82) is 0 Å². The number of rotatable bonds is 8. The Kier molecular flexibility index (Phi) is 7.95. The Morgan fingerprint density at radius 1 is 1.03 bits per heavy atom. The van der Waals surface area contributed by atoms with Crippen LogP contribution in [0.1, 0.15) is 22.8 Å². The molecule has 0 fully saturated rings. The number of ether oxygens (including phenoxy) is 2. The number of nitrogens with one attached hydrogen (secondary N) is 3. The molecule has 0 bridgehead atoms. The third kappa shape index (κ3) is 6.08. The monoisotopic (exact) mass is 413 g/mol. The molecule has 0 aromatic heterocycles. The molecule has 9 nitrogen and oxygen atoms in total. The number of benzene rings is 2. The molecular weight excluding hydrogens is 390 g/mol.